The van der Waals surface area contributed by atoms with Crippen molar-refractivity contribution in [3.63, 3.8) is 0 Å². The monoisotopic (exact) mass is 473 g/mol. The SMILES string of the molecule is O=C(CSc1nnc(Nc2cccc(Br)c2)s1)N1CCC(c2ccccc2)=N1. The number of rotatable bonds is 6. The topological polar surface area (TPSA) is 70.5 Å². The molecule has 2 aromatic carbocycles. The largest absolute Gasteiger partial charge is 0.330 e. The molecule has 28 heavy (non-hydrogen) atoms. The second kappa shape index (κ2) is 8.85. The van der Waals surface area contributed by atoms with Crippen molar-refractivity contribution in [2.45, 2.75) is 10.8 Å². The summed E-state index contributed by atoms with van der Waals surface area (Å²) in [6.07, 6.45) is 0.778. The Morgan fingerprint density at radius 2 is 2.04 bits per heavy atom. The van der Waals surface area contributed by atoms with Gasteiger partial charge in [0.2, 0.25) is 5.13 Å². The Morgan fingerprint density at radius 3 is 2.86 bits per heavy atom. The summed E-state index contributed by atoms with van der Waals surface area (Å²) in [5, 5.41) is 18.2. The molecule has 142 valence electrons. The van der Waals surface area contributed by atoms with E-state index in [9.17, 15) is 4.79 Å². The van der Waals surface area contributed by atoms with Gasteiger partial charge in [-0.15, -0.1) is 10.2 Å². The van der Waals surface area contributed by atoms with E-state index in [1.54, 1.807) is 5.01 Å². The van der Waals surface area contributed by atoms with Gasteiger partial charge in [0.25, 0.3) is 5.91 Å². The van der Waals surface area contributed by atoms with Crippen molar-refractivity contribution in [1.29, 1.82) is 0 Å². The zero-order valence-corrected chi connectivity index (χ0v) is 17.9. The van der Waals surface area contributed by atoms with Crippen LogP contribution in [0.1, 0.15) is 12.0 Å². The summed E-state index contributed by atoms with van der Waals surface area (Å²) in [6, 6.07) is 17.8. The number of carbonyl (C=O) groups is 1. The highest BCUT2D eigenvalue weighted by molar-refractivity contribution is 9.10. The molecule has 1 amide bonds. The molecule has 2 heterocycles. The van der Waals surface area contributed by atoms with Crippen LogP contribution in [-0.4, -0.2) is 39.1 Å². The number of amides is 1. The molecular weight excluding hydrogens is 458 g/mol. The van der Waals surface area contributed by atoms with Gasteiger partial charge in [-0.05, 0) is 23.8 Å². The van der Waals surface area contributed by atoms with Crippen LogP contribution in [0.25, 0.3) is 0 Å². The van der Waals surface area contributed by atoms with E-state index in [4.69, 9.17) is 0 Å². The maximum Gasteiger partial charge on any atom is 0.253 e. The van der Waals surface area contributed by atoms with Gasteiger partial charge in [-0.2, -0.15) is 5.10 Å². The fraction of sp³-hybridized carbons (Fsp3) is 0.158. The minimum atomic E-state index is -0.0207. The van der Waals surface area contributed by atoms with Crippen molar-refractivity contribution >= 4 is 61.5 Å². The van der Waals surface area contributed by atoms with Gasteiger partial charge in [-0.1, -0.05) is 75.4 Å². The molecule has 1 aliphatic heterocycles. The minimum Gasteiger partial charge on any atom is -0.330 e. The molecule has 1 aromatic heterocycles. The predicted molar refractivity (Wildman–Crippen MR) is 117 cm³/mol. The van der Waals surface area contributed by atoms with Crippen LogP contribution in [0.3, 0.4) is 0 Å². The Hall–Kier alpha value is -2.23. The normalized spacial score (nSPS) is 13.5. The Kier molecular flexibility index (Phi) is 6.04. The summed E-state index contributed by atoms with van der Waals surface area (Å²) >= 11 is 6.25. The summed E-state index contributed by atoms with van der Waals surface area (Å²) in [4.78, 5) is 12.5. The number of anilines is 2. The molecule has 6 nitrogen and oxygen atoms in total. The first-order valence-electron chi connectivity index (χ1n) is 8.59. The second-order valence-corrected chi connectivity index (χ2v) is 9.09. The van der Waals surface area contributed by atoms with Crippen molar-refractivity contribution in [2.24, 2.45) is 5.10 Å². The lowest BCUT2D eigenvalue weighted by atomic mass is 10.1. The second-order valence-electron chi connectivity index (χ2n) is 5.98. The van der Waals surface area contributed by atoms with Crippen LogP contribution in [-0.2, 0) is 4.79 Å². The third-order valence-corrected chi connectivity index (χ3v) is 6.45. The first kappa shape index (κ1) is 19.1. The van der Waals surface area contributed by atoms with E-state index in [-0.39, 0.29) is 11.7 Å². The van der Waals surface area contributed by atoms with Crippen LogP contribution in [0.4, 0.5) is 10.8 Å². The number of hydrogen-bond donors (Lipinski definition) is 1. The number of benzene rings is 2. The highest BCUT2D eigenvalue weighted by atomic mass is 79.9. The molecule has 0 saturated carbocycles. The van der Waals surface area contributed by atoms with Crippen molar-refractivity contribution < 1.29 is 4.79 Å². The molecule has 1 N–H and O–H groups in total. The molecule has 0 spiro atoms. The van der Waals surface area contributed by atoms with Gasteiger partial charge in [0, 0.05) is 16.6 Å². The van der Waals surface area contributed by atoms with E-state index in [0.29, 0.717) is 11.7 Å². The fourth-order valence-corrected chi connectivity index (χ4v) is 4.72. The van der Waals surface area contributed by atoms with Gasteiger partial charge in [0.1, 0.15) is 0 Å². The highest BCUT2D eigenvalue weighted by Crippen LogP contribution is 2.29. The van der Waals surface area contributed by atoms with Gasteiger partial charge in [0.15, 0.2) is 4.34 Å². The summed E-state index contributed by atoms with van der Waals surface area (Å²) < 4.78 is 1.74. The molecule has 0 radical (unpaired) electrons. The Balaban J connectivity index is 1.32. The number of hydrazone groups is 1. The summed E-state index contributed by atoms with van der Waals surface area (Å²) in [5.74, 6) is 0.268. The van der Waals surface area contributed by atoms with Crippen LogP contribution in [0.2, 0.25) is 0 Å². The molecule has 0 fully saturated rings. The molecular formula is C19H16BrN5OS2. The van der Waals surface area contributed by atoms with Gasteiger partial charge >= 0.3 is 0 Å². The molecule has 3 aromatic rings. The van der Waals surface area contributed by atoms with E-state index >= 15 is 0 Å². The fourth-order valence-electron chi connectivity index (χ4n) is 2.68. The lowest BCUT2D eigenvalue weighted by Gasteiger charge is -2.09. The van der Waals surface area contributed by atoms with Crippen LogP contribution in [0, 0.1) is 0 Å². The molecule has 0 aliphatic carbocycles. The van der Waals surface area contributed by atoms with E-state index in [0.717, 1.165) is 32.2 Å². The summed E-state index contributed by atoms with van der Waals surface area (Å²) in [6.45, 7) is 0.620. The van der Waals surface area contributed by atoms with Crippen LogP contribution < -0.4 is 5.32 Å². The smallest absolute Gasteiger partial charge is 0.253 e. The van der Waals surface area contributed by atoms with Gasteiger partial charge in [-0.3, -0.25) is 4.79 Å². The summed E-state index contributed by atoms with van der Waals surface area (Å²) in [5.41, 5.74) is 2.95. The molecule has 0 unspecified atom stereocenters. The first-order chi connectivity index (χ1) is 13.7. The van der Waals surface area contributed by atoms with Crippen molar-refractivity contribution in [2.75, 3.05) is 17.6 Å². The number of halogens is 1. The van der Waals surface area contributed by atoms with Crippen molar-refractivity contribution in [3.8, 4) is 0 Å². The van der Waals surface area contributed by atoms with Crippen molar-refractivity contribution in [1.82, 2.24) is 15.2 Å². The zero-order chi connectivity index (χ0) is 19.3. The molecule has 1 aliphatic rings. The Labute approximate surface area is 179 Å². The molecule has 0 saturated heterocycles. The molecule has 0 atom stereocenters. The average molecular weight is 474 g/mol. The van der Waals surface area contributed by atoms with Crippen molar-refractivity contribution in [3.05, 3.63) is 64.6 Å². The number of nitrogens with zero attached hydrogens (tertiary/aromatic N) is 4. The number of nitrogens with one attached hydrogen (secondary N) is 1. The predicted octanol–water partition coefficient (Wildman–Crippen LogP) is 4.77. The first-order valence-corrected chi connectivity index (χ1v) is 11.2. The van der Waals surface area contributed by atoms with E-state index in [2.05, 4.69) is 36.5 Å². The number of hydrogen-bond acceptors (Lipinski definition) is 7. The quantitative estimate of drug-likeness (QED) is 0.521. The number of thioether (sulfide) groups is 1. The maximum atomic E-state index is 12.5. The average Bonchev–Trinajstić information content (AvgIpc) is 3.37. The number of carbonyl (C=O) groups excluding carboxylic acids is 1. The van der Waals surface area contributed by atoms with Gasteiger partial charge in [0.05, 0.1) is 18.0 Å². The Bertz CT molecular complexity index is 1010. The van der Waals surface area contributed by atoms with E-state index in [1.165, 1.54) is 23.1 Å². The standard InChI is InChI=1S/C19H16BrN5OS2/c20-14-7-4-8-15(11-14)21-18-22-23-19(28-18)27-12-17(26)25-10-9-16(24-25)13-5-2-1-3-6-13/h1-8,11H,9-10,12H2,(H,21,22). The number of aromatic nitrogens is 2. The maximum absolute atomic E-state index is 12.5. The van der Waals surface area contributed by atoms with Crippen LogP contribution in [0.15, 0.2) is 68.5 Å². The Morgan fingerprint density at radius 1 is 1.18 bits per heavy atom. The third-order valence-electron chi connectivity index (χ3n) is 4.00. The summed E-state index contributed by atoms with van der Waals surface area (Å²) in [7, 11) is 0. The lowest BCUT2D eigenvalue weighted by molar-refractivity contribution is -0.127. The molecule has 4 rings (SSSR count). The molecule has 0 bridgehead atoms. The minimum absolute atomic E-state index is 0.0207. The van der Waals surface area contributed by atoms with Gasteiger partial charge in [-0.25, -0.2) is 5.01 Å². The van der Waals surface area contributed by atoms with Crippen LogP contribution in [0.5, 0.6) is 0 Å². The molecule has 9 heteroatoms. The van der Waals surface area contributed by atoms with Crippen LogP contribution >= 0.6 is 39.0 Å². The van der Waals surface area contributed by atoms with E-state index in [1.807, 2.05) is 54.6 Å². The van der Waals surface area contributed by atoms with Gasteiger partial charge < -0.3 is 5.32 Å². The van der Waals surface area contributed by atoms with E-state index < -0.39 is 0 Å². The lowest BCUT2D eigenvalue weighted by Crippen LogP contribution is -2.25. The highest BCUT2D eigenvalue weighted by Gasteiger charge is 2.22. The zero-order valence-electron chi connectivity index (χ0n) is 14.7. The third kappa shape index (κ3) is 4.78.